The Kier molecular flexibility index (Phi) is 5.02. The average molecular weight is 282 g/mol. The van der Waals surface area contributed by atoms with E-state index in [1.54, 1.807) is 11.8 Å². The van der Waals surface area contributed by atoms with Crippen LogP contribution in [0.25, 0.3) is 0 Å². The summed E-state index contributed by atoms with van der Waals surface area (Å²) in [6.07, 6.45) is 3.11. The van der Waals surface area contributed by atoms with Crippen LogP contribution in [0.15, 0.2) is 0 Å². The van der Waals surface area contributed by atoms with E-state index in [1.165, 1.54) is 0 Å². The minimum atomic E-state index is -0.383. The first-order valence-corrected chi connectivity index (χ1v) is 7.69. The van der Waals surface area contributed by atoms with Gasteiger partial charge in [-0.2, -0.15) is 0 Å². The number of carbonyl (C=O) groups excluding carboxylic acids is 2. The van der Waals surface area contributed by atoms with Crippen molar-refractivity contribution < 1.29 is 14.3 Å². The van der Waals surface area contributed by atoms with Crippen molar-refractivity contribution >= 4 is 11.8 Å². The maximum Gasteiger partial charge on any atom is 0.246 e. The molecule has 2 unspecified atom stereocenters. The average Bonchev–Trinajstić information content (AvgIpc) is 3.21. The molecule has 1 aliphatic heterocycles. The van der Waals surface area contributed by atoms with Crippen LogP contribution in [0.3, 0.4) is 0 Å². The lowest BCUT2D eigenvalue weighted by atomic mass is 10.0. The largest absolute Gasteiger partial charge is 0.380 e. The van der Waals surface area contributed by atoms with Gasteiger partial charge in [-0.15, -0.1) is 0 Å². The van der Waals surface area contributed by atoms with Gasteiger partial charge in [0.15, 0.2) is 0 Å². The maximum atomic E-state index is 12.4. The van der Waals surface area contributed by atoms with Crippen LogP contribution in [0.1, 0.15) is 40.0 Å². The molecule has 2 amide bonds. The molecule has 2 rings (SSSR count). The third kappa shape index (κ3) is 3.72. The smallest absolute Gasteiger partial charge is 0.246 e. The Morgan fingerprint density at radius 1 is 1.30 bits per heavy atom. The summed E-state index contributed by atoms with van der Waals surface area (Å²) in [5.41, 5.74) is 0. The molecule has 2 aliphatic rings. The summed E-state index contributed by atoms with van der Waals surface area (Å²) in [5.74, 6) is 0.995. The molecule has 1 saturated heterocycles. The first-order chi connectivity index (χ1) is 9.50. The summed E-state index contributed by atoms with van der Waals surface area (Å²) in [6.45, 7) is 7.83. The quantitative estimate of drug-likeness (QED) is 0.713. The van der Waals surface area contributed by atoms with Gasteiger partial charge in [-0.3, -0.25) is 9.59 Å². The Balaban J connectivity index is 1.81. The number of carbonyl (C=O) groups is 2. The summed E-state index contributed by atoms with van der Waals surface area (Å²) >= 11 is 0. The number of hydrogen-bond acceptors (Lipinski definition) is 3. The molecule has 0 aromatic heterocycles. The summed E-state index contributed by atoms with van der Waals surface area (Å²) in [5, 5.41) is 2.85. The van der Waals surface area contributed by atoms with E-state index < -0.39 is 0 Å². The van der Waals surface area contributed by atoms with Crippen molar-refractivity contribution in [2.45, 2.75) is 52.1 Å². The van der Waals surface area contributed by atoms with E-state index >= 15 is 0 Å². The normalized spacial score (nSPS) is 27.1. The molecule has 1 saturated carbocycles. The highest BCUT2D eigenvalue weighted by molar-refractivity contribution is 5.97. The zero-order valence-electron chi connectivity index (χ0n) is 12.7. The van der Waals surface area contributed by atoms with E-state index in [-0.39, 0.29) is 23.9 Å². The molecule has 20 heavy (non-hydrogen) atoms. The number of ether oxygens (including phenoxy) is 1. The lowest BCUT2D eigenvalue weighted by Crippen LogP contribution is -2.63. The number of rotatable bonds is 7. The van der Waals surface area contributed by atoms with Crippen LogP contribution >= 0.6 is 0 Å². The maximum absolute atomic E-state index is 12.4. The molecule has 0 aromatic carbocycles. The van der Waals surface area contributed by atoms with Crippen molar-refractivity contribution in [2.24, 2.45) is 11.8 Å². The molecule has 5 heteroatoms. The van der Waals surface area contributed by atoms with Gasteiger partial charge < -0.3 is 15.0 Å². The zero-order valence-corrected chi connectivity index (χ0v) is 12.7. The van der Waals surface area contributed by atoms with Gasteiger partial charge in [0, 0.05) is 13.2 Å². The predicted octanol–water partition coefficient (Wildman–Crippen LogP) is 1.17. The Hall–Kier alpha value is -1.10. The van der Waals surface area contributed by atoms with Crippen molar-refractivity contribution in [1.29, 1.82) is 0 Å². The lowest BCUT2D eigenvalue weighted by molar-refractivity contribution is -0.150. The van der Waals surface area contributed by atoms with Gasteiger partial charge in [-0.25, -0.2) is 0 Å². The van der Waals surface area contributed by atoms with E-state index in [2.05, 4.69) is 19.2 Å². The number of amides is 2. The second-order valence-electron chi connectivity index (χ2n) is 6.33. The SMILES string of the molecule is CC(C)CCOCCN1C(=O)C(C2CC2)NC(=O)C1C. The molecule has 1 aliphatic carbocycles. The van der Waals surface area contributed by atoms with Crippen LogP contribution in [0.2, 0.25) is 0 Å². The highest BCUT2D eigenvalue weighted by Gasteiger charge is 2.45. The third-order valence-electron chi connectivity index (χ3n) is 4.10. The summed E-state index contributed by atoms with van der Waals surface area (Å²) < 4.78 is 5.56. The van der Waals surface area contributed by atoms with Crippen LogP contribution in [-0.2, 0) is 14.3 Å². The van der Waals surface area contributed by atoms with Gasteiger partial charge in [-0.05, 0) is 38.0 Å². The standard InChI is InChI=1S/C15H26N2O3/c1-10(2)6-8-20-9-7-17-11(3)14(18)16-13(15(17)19)12-4-5-12/h10-13H,4-9H2,1-3H3,(H,16,18). The number of nitrogens with one attached hydrogen (secondary N) is 1. The fourth-order valence-corrected chi connectivity index (χ4v) is 2.48. The Morgan fingerprint density at radius 3 is 2.60 bits per heavy atom. The van der Waals surface area contributed by atoms with Gasteiger partial charge in [0.05, 0.1) is 6.61 Å². The molecule has 0 bridgehead atoms. The molecule has 1 heterocycles. The number of hydrogen-bond donors (Lipinski definition) is 1. The summed E-state index contributed by atoms with van der Waals surface area (Å²) in [6, 6.07) is -0.680. The third-order valence-corrected chi connectivity index (χ3v) is 4.10. The fourth-order valence-electron chi connectivity index (χ4n) is 2.48. The molecule has 2 fully saturated rings. The van der Waals surface area contributed by atoms with E-state index in [0.717, 1.165) is 19.3 Å². The van der Waals surface area contributed by atoms with Crippen molar-refractivity contribution in [3.8, 4) is 0 Å². The second-order valence-corrected chi connectivity index (χ2v) is 6.33. The van der Waals surface area contributed by atoms with Crippen molar-refractivity contribution in [3.63, 3.8) is 0 Å². The zero-order chi connectivity index (χ0) is 14.7. The Bertz CT molecular complexity index is 366. The van der Waals surface area contributed by atoms with E-state index in [1.807, 2.05) is 0 Å². The molecule has 2 atom stereocenters. The fraction of sp³-hybridized carbons (Fsp3) is 0.867. The van der Waals surface area contributed by atoms with Gasteiger partial charge in [0.25, 0.3) is 0 Å². The van der Waals surface area contributed by atoms with E-state index in [9.17, 15) is 9.59 Å². The van der Waals surface area contributed by atoms with Crippen molar-refractivity contribution in [3.05, 3.63) is 0 Å². The highest BCUT2D eigenvalue weighted by atomic mass is 16.5. The van der Waals surface area contributed by atoms with Crippen LogP contribution in [0.4, 0.5) is 0 Å². The van der Waals surface area contributed by atoms with Gasteiger partial charge in [-0.1, -0.05) is 13.8 Å². The number of nitrogens with zero attached hydrogens (tertiary/aromatic N) is 1. The van der Waals surface area contributed by atoms with Crippen LogP contribution in [0.5, 0.6) is 0 Å². The van der Waals surface area contributed by atoms with Gasteiger partial charge in [0.2, 0.25) is 11.8 Å². The van der Waals surface area contributed by atoms with Crippen LogP contribution in [-0.4, -0.2) is 48.6 Å². The lowest BCUT2D eigenvalue weighted by Gasteiger charge is -2.37. The van der Waals surface area contributed by atoms with E-state index in [0.29, 0.717) is 31.6 Å². The number of piperazine rings is 1. The predicted molar refractivity (Wildman–Crippen MR) is 76.1 cm³/mol. The molecule has 1 N–H and O–H groups in total. The van der Waals surface area contributed by atoms with Crippen LogP contribution < -0.4 is 5.32 Å². The van der Waals surface area contributed by atoms with Crippen LogP contribution in [0, 0.1) is 11.8 Å². The van der Waals surface area contributed by atoms with Crippen molar-refractivity contribution in [2.75, 3.05) is 19.8 Å². The van der Waals surface area contributed by atoms with Gasteiger partial charge >= 0.3 is 0 Å². The first kappa shape index (κ1) is 15.3. The van der Waals surface area contributed by atoms with Gasteiger partial charge in [0.1, 0.15) is 12.1 Å². The molecular weight excluding hydrogens is 256 g/mol. The highest BCUT2D eigenvalue weighted by Crippen LogP contribution is 2.34. The topological polar surface area (TPSA) is 58.6 Å². The minimum absolute atomic E-state index is 0.0383. The molecule has 0 aromatic rings. The summed E-state index contributed by atoms with van der Waals surface area (Å²) in [4.78, 5) is 26.0. The molecule has 114 valence electrons. The minimum Gasteiger partial charge on any atom is -0.380 e. The Labute approximate surface area is 121 Å². The summed E-state index contributed by atoms with van der Waals surface area (Å²) in [7, 11) is 0. The Morgan fingerprint density at radius 2 is 2.00 bits per heavy atom. The molecule has 0 spiro atoms. The first-order valence-electron chi connectivity index (χ1n) is 7.69. The molecule has 0 radical (unpaired) electrons. The van der Waals surface area contributed by atoms with E-state index in [4.69, 9.17) is 4.74 Å². The molecule has 5 nitrogen and oxygen atoms in total. The monoisotopic (exact) mass is 282 g/mol. The molecular formula is C15H26N2O3. The van der Waals surface area contributed by atoms with Crippen molar-refractivity contribution in [1.82, 2.24) is 10.2 Å². The second kappa shape index (κ2) is 6.57.